The molecule has 2 heterocycles. The Morgan fingerprint density at radius 1 is 1.38 bits per heavy atom. The molecule has 2 aromatic rings. The summed E-state index contributed by atoms with van der Waals surface area (Å²) in [4.78, 5) is 7.80. The van der Waals surface area contributed by atoms with Crippen molar-refractivity contribution < 1.29 is 18.3 Å². The zero-order valence-corrected chi connectivity index (χ0v) is 14.8. The minimum absolute atomic E-state index is 0.00138. The average Bonchev–Trinajstić information content (AvgIpc) is 3.37. The van der Waals surface area contributed by atoms with Crippen molar-refractivity contribution in [1.82, 2.24) is 19.7 Å². The van der Waals surface area contributed by atoms with Gasteiger partial charge < -0.3 is 10.4 Å². The molecule has 1 aliphatic carbocycles. The summed E-state index contributed by atoms with van der Waals surface area (Å²) in [7, 11) is 0. The third kappa shape index (κ3) is 4.09. The Balaban J connectivity index is 1.81. The SMILES string of the molecule is CCCC[C@H](O)n1ncc(Nc2ncc(C(F)(F)F)c(C3CC3)n2)c1Cl. The fourth-order valence-electron chi connectivity index (χ4n) is 2.61. The Bertz CT molecular complexity index is 776. The van der Waals surface area contributed by atoms with Gasteiger partial charge in [0, 0.05) is 12.1 Å². The highest BCUT2D eigenvalue weighted by Crippen LogP contribution is 2.45. The third-order valence-corrected chi connectivity index (χ3v) is 4.54. The molecule has 1 aliphatic rings. The van der Waals surface area contributed by atoms with E-state index in [-0.39, 0.29) is 22.7 Å². The summed E-state index contributed by atoms with van der Waals surface area (Å²) >= 11 is 6.21. The van der Waals surface area contributed by atoms with Crippen LogP contribution in [-0.4, -0.2) is 24.9 Å². The highest BCUT2D eigenvalue weighted by atomic mass is 35.5. The number of aliphatic hydroxyl groups excluding tert-OH is 1. The zero-order valence-electron chi connectivity index (χ0n) is 14.1. The molecule has 0 aliphatic heterocycles. The number of nitrogens with one attached hydrogen (secondary N) is 1. The molecule has 3 rings (SSSR count). The van der Waals surface area contributed by atoms with Gasteiger partial charge in [0.25, 0.3) is 0 Å². The molecule has 2 N–H and O–H groups in total. The molecule has 0 aromatic carbocycles. The summed E-state index contributed by atoms with van der Waals surface area (Å²) in [5, 5.41) is 17.1. The summed E-state index contributed by atoms with van der Waals surface area (Å²) in [5.41, 5.74) is -0.479. The number of anilines is 2. The van der Waals surface area contributed by atoms with E-state index in [1.165, 1.54) is 10.9 Å². The Kier molecular flexibility index (Phi) is 5.38. The fraction of sp³-hybridized carbons (Fsp3) is 0.562. The van der Waals surface area contributed by atoms with Crippen molar-refractivity contribution in [3.05, 3.63) is 28.8 Å². The minimum atomic E-state index is -4.48. The Morgan fingerprint density at radius 2 is 2.12 bits per heavy atom. The normalized spacial score (nSPS) is 15.9. The van der Waals surface area contributed by atoms with E-state index in [0.29, 0.717) is 24.9 Å². The van der Waals surface area contributed by atoms with E-state index in [0.717, 1.165) is 19.0 Å². The number of aromatic nitrogens is 4. The Morgan fingerprint density at radius 3 is 2.73 bits per heavy atom. The summed E-state index contributed by atoms with van der Waals surface area (Å²) < 4.78 is 40.5. The molecule has 26 heavy (non-hydrogen) atoms. The number of halogens is 4. The predicted octanol–water partition coefficient (Wildman–Crippen LogP) is 4.65. The van der Waals surface area contributed by atoms with Crippen LogP contribution >= 0.6 is 11.6 Å². The van der Waals surface area contributed by atoms with Crippen LogP contribution in [0.15, 0.2) is 12.4 Å². The van der Waals surface area contributed by atoms with Crippen LogP contribution < -0.4 is 5.32 Å². The smallest absolute Gasteiger partial charge is 0.372 e. The van der Waals surface area contributed by atoms with Crippen LogP contribution in [0.2, 0.25) is 5.15 Å². The maximum Gasteiger partial charge on any atom is 0.419 e. The number of rotatable bonds is 7. The molecule has 0 bridgehead atoms. The van der Waals surface area contributed by atoms with E-state index >= 15 is 0 Å². The van der Waals surface area contributed by atoms with Gasteiger partial charge in [0.2, 0.25) is 5.95 Å². The quantitative estimate of drug-likeness (QED) is 0.721. The lowest BCUT2D eigenvalue weighted by Gasteiger charge is -2.13. The Labute approximate surface area is 153 Å². The van der Waals surface area contributed by atoms with Crippen LogP contribution in [0, 0.1) is 0 Å². The van der Waals surface area contributed by atoms with Gasteiger partial charge in [-0.15, -0.1) is 0 Å². The van der Waals surface area contributed by atoms with Crippen LogP contribution in [-0.2, 0) is 6.18 Å². The van der Waals surface area contributed by atoms with Crippen LogP contribution in [0.5, 0.6) is 0 Å². The number of hydrogen-bond donors (Lipinski definition) is 2. The zero-order chi connectivity index (χ0) is 18.9. The molecule has 0 radical (unpaired) electrons. The second-order valence-electron chi connectivity index (χ2n) is 6.31. The average molecular weight is 390 g/mol. The van der Waals surface area contributed by atoms with Crippen LogP contribution in [0.3, 0.4) is 0 Å². The van der Waals surface area contributed by atoms with Gasteiger partial charge in [-0.1, -0.05) is 24.9 Å². The molecular formula is C16H19ClF3N5O. The van der Waals surface area contributed by atoms with Gasteiger partial charge in [-0.05, 0) is 25.7 Å². The first-order valence-electron chi connectivity index (χ1n) is 8.43. The van der Waals surface area contributed by atoms with Gasteiger partial charge in [-0.2, -0.15) is 18.3 Å². The summed E-state index contributed by atoms with van der Waals surface area (Å²) in [6, 6.07) is 0. The second-order valence-corrected chi connectivity index (χ2v) is 6.66. The van der Waals surface area contributed by atoms with Gasteiger partial charge in [0.05, 0.1) is 23.1 Å². The molecule has 142 valence electrons. The van der Waals surface area contributed by atoms with Crippen LogP contribution in [0.25, 0.3) is 0 Å². The molecule has 10 heteroatoms. The summed E-state index contributed by atoms with van der Waals surface area (Å²) in [6.45, 7) is 2.00. The lowest BCUT2D eigenvalue weighted by Crippen LogP contribution is -2.13. The maximum absolute atomic E-state index is 13.1. The highest BCUT2D eigenvalue weighted by molar-refractivity contribution is 6.32. The number of nitrogens with zero attached hydrogens (tertiary/aromatic N) is 4. The molecule has 1 atom stereocenters. The topological polar surface area (TPSA) is 75.9 Å². The lowest BCUT2D eigenvalue weighted by atomic mass is 10.1. The molecule has 6 nitrogen and oxygen atoms in total. The number of hydrogen-bond acceptors (Lipinski definition) is 5. The van der Waals surface area contributed by atoms with Crippen molar-refractivity contribution in [2.24, 2.45) is 0 Å². The minimum Gasteiger partial charge on any atom is -0.372 e. The molecule has 2 aromatic heterocycles. The standard InChI is InChI=1S/C16H19ClF3N5O/c1-2-3-4-12(26)25-14(17)11(8-22-25)23-15-21-7-10(16(18,19)20)13(24-15)9-5-6-9/h7-9,12,26H,2-6H2,1H3,(H,21,23,24)/t12-/m0/s1. The summed E-state index contributed by atoms with van der Waals surface area (Å²) in [6.07, 6.45) is 0.421. The fourth-order valence-corrected chi connectivity index (χ4v) is 2.86. The van der Waals surface area contributed by atoms with Gasteiger partial charge in [-0.3, -0.25) is 0 Å². The second kappa shape index (κ2) is 7.40. The van der Waals surface area contributed by atoms with E-state index in [1.54, 1.807) is 0 Å². The molecular weight excluding hydrogens is 371 g/mol. The van der Waals surface area contributed by atoms with Crippen LogP contribution in [0.4, 0.5) is 24.8 Å². The monoisotopic (exact) mass is 389 g/mol. The molecule has 0 amide bonds. The highest BCUT2D eigenvalue weighted by Gasteiger charge is 2.40. The summed E-state index contributed by atoms with van der Waals surface area (Å²) in [5.74, 6) is -0.173. The van der Waals surface area contributed by atoms with E-state index in [1.807, 2.05) is 6.92 Å². The van der Waals surface area contributed by atoms with Crippen molar-refractivity contribution in [3.8, 4) is 0 Å². The lowest BCUT2D eigenvalue weighted by molar-refractivity contribution is -0.138. The van der Waals surface area contributed by atoms with Gasteiger partial charge in [0.1, 0.15) is 6.23 Å². The third-order valence-electron chi connectivity index (χ3n) is 4.17. The van der Waals surface area contributed by atoms with E-state index in [2.05, 4.69) is 20.4 Å². The van der Waals surface area contributed by atoms with Gasteiger partial charge in [0.15, 0.2) is 5.15 Å². The predicted molar refractivity (Wildman–Crippen MR) is 90.3 cm³/mol. The van der Waals surface area contributed by atoms with Crippen molar-refractivity contribution in [1.29, 1.82) is 0 Å². The van der Waals surface area contributed by atoms with Gasteiger partial charge in [-0.25, -0.2) is 14.6 Å². The molecule has 0 unspecified atom stereocenters. The molecule has 1 fully saturated rings. The van der Waals surface area contributed by atoms with Gasteiger partial charge >= 0.3 is 6.18 Å². The van der Waals surface area contributed by atoms with Crippen molar-refractivity contribution in [2.75, 3.05) is 5.32 Å². The van der Waals surface area contributed by atoms with E-state index in [4.69, 9.17) is 11.6 Å². The number of unbranched alkanes of at least 4 members (excludes halogenated alkanes) is 1. The first-order valence-corrected chi connectivity index (χ1v) is 8.81. The Hall–Kier alpha value is -1.87. The first-order chi connectivity index (χ1) is 12.3. The molecule has 1 saturated carbocycles. The number of alkyl halides is 3. The van der Waals surface area contributed by atoms with Crippen molar-refractivity contribution in [3.63, 3.8) is 0 Å². The van der Waals surface area contributed by atoms with E-state index in [9.17, 15) is 18.3 Å². The molecule has 0 spiro atoms. The number of aliphatic hydroxyl groups is 1. The van der Waals surface area contributed by atoms with Crippen LogP contribution in [0.1, 0.15) is 62.4 Å². The van der Waals surface area contributed by atoms with E-state index < -0.39 is 18.0 Å². The largest absolute Gasteiger partial charge is 0.419 e. The first kappa shape index (κ1) is 18.9. The maximum atomic E-state index is 13.1. The molecule has 0 saturated heterocycles. The van der Waals surface area contributed by atoms with Crippen molar-refractivity contribution >= 4 is 23.2 Å². The van der Waals surface area contributed by atoms with Crippen molar-refractivity contribution in [2.45, 2.75) is 57.3 Å².